The molecule has 0 spiro atoms. The zero-order chi connectivity index (χ0) is 26.0. The first-order chi connectivity index (χ1) is 17.3. The average Bonchev–Trinajstić information content (AvgIpc) is 3.65. The molecule has 186 valence electrons. The summed E-state index contributed by atoms with van der Waals surface area (Å²) >= 11 is 0. The van der Waals surface area contributed by atoms with Crippen LogP contribution in [0.1, 0.15) is 68.0 Å². The van der Waals surface area contributed by atoms with Crippen molar-refractivity contribution in [3.8, 4) is 0 Å². The van der Waals surface area contributed by atoms with E-state index in [4.69, 9.17) is 5.73 Å². The van der Waals surface area contributed by atoms with E-state index in [0.717, 1.165) is 52.8 Å². The molecule has 4 rings (SSSR count). The van der Waals surface area contributed by atoms with Crippen LogP contribution < -0.4 is 5.73 Å². The van der Waals surface area contributed by atoms with Crippen molar-refractivity contribution in [1.82, 2.24) is 4.57 Å². The van der Waals surface area contributed by atoms with Crippen LogP contribution in [0.4, 0.5) is 10.1 Å². The summed E-state index contributed by atoms with van der Waals surface area (Å²) in [4.78, 5) is 0. The fourth-order valence-corrected chi connectivity index (χ4v) is 5.00. The Morgan fingerprint density at radius 2 is 1.94 bits per heavy atom. The predicted octanol–water partition coefficient (Wildman–Crippen LogP) is 9.10. The maximum atomic E-state index is 15.1. The van der Waals surface area contributed by atoms with Crippen LogP contribution in [0.25, 0.3) is 28.1 Å². The molecule has 0 bridgehead atoms. The Kier molecular flexibility index (Phi) is 7.49. The summed E-state index contributed by atoms with van der Waals surface area (Å²) in [6.45, 7) is 17.7. The first-order valence-electron chi connectivity index (χ1n) is 12.8. The number of fused-ring (bicyclic) bond motifs is 1. The molecule has 3 heteroatoms. The lowest BCUT2D eigenvalue weighted by Gasteiger charge is -2.17. The molecule has 0 amide bonds. The van der Waals surface area contributed by atoms with E-state index in [9.17, 15) is 0 Å². The molecule has 1 aromatic heterocycles. The lowest BCUT2D eigenvalue weighted by atomic mass is 9.90. The molecule has 2 nitrogen and oxygen atoms in total. The van der Waals surface area contributed by atoms with Gasteiger partial charge in [-0.3, -0.25) is 0 Å². The molecule has 0 radical (unpaired) electrons. The number of nitrogens with zero attached hydrogens (tertiary/aromatic N) is 1. The van der Waals surface area contributed by atoms with Gasteiger partial charge >= 0.3 is 0 Å². The van der Waals surface area contributed by atoms with E-state index in [-0.39, 0.29) is 11.5 Å². The Hall–Kier alpha value is -3.59. The normalized spacial score (nSPS) is 14.4. The predicted molar refractivity (Wildman–Crippen MR) is 155 cm³/mol. The van der Waals surface area contributed by atoms with Crippen LogP contribution in [0.5, 0.6) is 0 Å². The van der Waals surface area contributed by atoms with Crippen molar-refractivity contribution in [1.29, 1.82) is 0 Å². The smallest absolute Gasteiger partial charge is 0.151 e. The van der Waals surface area contributed by atoms with Gasteiger partial charge in [-0.15, -0.1) is 0 Å². The van der Waals surface area contributed by atoms with Gasteiger partial charge in [-0.05, 0) is 80.4 Å². The van der Waals surface area contributed by atoms with Crippen LogP contribution in [-0.4, -0.2) is 4.57 Å². The zero-order valence-corrected chi connectivity index (χ0v) is 22.0. The van der Waals surface area contributed by atoms with Crippen molar-refractivity contribution in [2.24, 2.45) is 5.92 Å². The molecule has 3 aromatic rings. The van der Waals surface area contributed by atoms with E-state index < -0.39 is 0 Å². The van der Waals surface area contributed by atoms with Crippen molar-refractivity contribution in [3.05, 3.63) is 107 Å². The molecule has 1 saturated carbocycles. The lowest BCUT2D eigenvalue weighted by molar-refractivity contribution is 0.606. The molecule has 1 heterocycles. The van der Waals surface area contributed by atoms with Gasteiger partial charge < -0.3 is 10.3 Å². The van der Waals surface area contributed by atoms with Crippen LogP contribution in [0, 0.1) is 18.7 Å². The first-order valence-corrected chi connectivity index (χ1v) is 12.8. The van der Waals surface area contributed by atoms with Crippen LogP contribution in [0.3, 0.4) is 0 Å². The number of benzene rings is 2. The number of aryl methyl sites for hydroxylation is 1. The summed E-state index contributed by atoms with van der Waals surface area (Å²) < 4.78 is 17.4. The molecule has 36 heavy (non-hydrogen) atoms. The van der Waals surface area contributed by atoms with E-state index in [1.54, 1.807) is 6.07 Å². The van der Waals surface area contributed by atoms with Crippen molar-refractivity contribution >= 4 is 33.8 Å². The Morgan fingerprint density at radius 1 is 1.19 bits per heavy atom. The highest BCUT2D eigenvalue weighted by molar-refractivity contribution is 6.05. The van der Waals surface area contributed by atoms with Gasteiger partial charge in [0.2, 0.25) is 0 Å². The molecule has 0 saturated heterocycles. The summed E-state index contributed by atoms with van der Waals surface area (Å²) in [6.07, 6.45) is 13.9. The highest BCUT2D eigenvalue weighted by atomic mass is 19.1. The Labute approximate surface area is 215 Å². The van der Waals surface area contributed by atoms with E-state index >= 15 is 4.39 Å². The third-order valence-electron chi connectivity index (χ3n) is 7.05. The number of nitrogen functional groups attached to an aromatic ring is 1. The minimum atomic E-state index is -0.354. The van der Waals surface area contributed by atoms with Crippen LogP contribution in [0.15, 0.2) is 73.4 Å². The van der Waals surface area contributed by atoms with E-state index in [1.807, 2.05) is 19.1 Å². The summed E-state index contributed by atoms with van der Waals surface area (Å²) in [7, 11) is 0. The molecular formula is C33H37FN2. The van der Waals surface area contributed by atoms with Crippen molar-refractivity contribution in [2.45, 2.75) is 53.5 Å². The van der Waals surface area contributed by atoms with Gasteiger partial charge in [0.05, 0.1) is 17.9 Å². The Bertz CT molecular complexity index is 1420. The maximum absolute atomic E-state index is 15.1. The number of rotatable bonds is 9. The minimum absolute atomic E-state index is 0.172. The molecule has 0 unspecified atom stereocenters. The monoisotopic (exact) mass is 480 g/mol. The zero-order valence-electron chi connectivity index (χ0n) is 22.0. The lowest BCUT2D eigenvalue weighted by Crippen LogP contribution is -2.08. The Balaban J connectivity index is 2.13. The number of aromatic nitrogens is 1. The first kappa shape index (κ1) is 25.5. The van der Waals surface area contributed by atoms with Gasteiger partial charge in [-0.2, -0.15) is 0 Å². The molecule has 1 fully saturated rings. The molecule has 1 aliphatic carbocycles. The van der Waals surface area contributed by atoms with Crippen molar-refractivity contribution < 1.29 is 4.39 Å². The van der Waals surface area contributed by atoms with Crippen LogP contribution in [-0.2, 0) is 6.54 Å². The number of halogens is 1. The molecule has 1 aliphatic rings. The molecule has 0 atom stereocenters. The fraction of sp³-hybridized carbons (Fsp3) is 0.273. The van der Waals surface area contributed by atoms with Crippen LogP contribution in [0.2, 0.25) is 0 Å². The highest BCUT2D eigenvalue weighted by Crippen LogP contribution is 2.47. The second kappa shape index (κ2) is 10.6. The second-order valence-electron chi connectivity index (χ2n) is 9.80. The standard InChI is InChI=1S/C33H37FN2/c1-7-9-10-14-27(21(3)4)31-30-22(5)24(12-8-2)18-19-29(30)36(33(31)23(6)25-16-17-25)20-26-13-11-15-28(35)32(26)34/h8-15,18-19,25H,3,6-7,16-17,20,35H2,1-2,4-5H3/b10-9-,12-8-,27-14+. The number of hydrogen-bond donors (Lipinski definition) is 1. The fourth-order valence-electron chi connectivity index (χ4n) is 5.00. The topological polar surface area (TPSA) is 30.9 Å². The van der Waals surface area contributed by atoms with Gasteiger partial charge in [-0.1, -0.05) is 74.2 Å². The third-order valence-corrected chi connectivity index (χ3v) is 7.05. The molecule has 2 N–H and O–H groups in total. The van der Waals surface area contributed by atoms with Crippen molar-refractivity contribution in [2.75, 3.05) is 5.73 Å². The van der Waals surface area contributed by atoms with E-state index in [0.29, 0.717) is 18.0 Å². The van der Waals surface area contributed by atoms with E-state index in [2.05, 4.69) is 81.0 Å². The van der Waals surface area contributed by atoms with Crippen molar-refractivity contribution in [3.63, 3.8) is 0 Å². The molecular weight excluding hydrogens is 443 g/mol. The molecule has 2 aromatic carbocycles. The van der Waals surface area contributed by atoms with Gasteiger partial charge in [0.1, 0.15) is 0 Å². The average molecular weight is 481 g/mol. The largest absolute Gasteiger partial charge is 0.396 e. The van der Waals surface area contributed by atoms with Gasteiger partial charge in [-0.25, -0.2) is 4.39 Å². The maximum Gasteiger partial charge on any atom is 0.151 e. The SMILES string of the molecule is C=C(C)/C(=C\C=C/CC)c1c(C(=C)C2CC2)n(Cc2cccc(N)c2F)c2ccc(/C=C\C)c(C)c12. The van der Waals surface area contributed by atoms with Gasteiger partial charge in [0.15, 0.2) is 5.82 Å². The quantitative estimate of drug-likeness (QED) is 0.240. The van der Waals surface area contributed by atoms with Crippen LogP contribution >= 0.6 is 0 Å². The molecule has 0 aliphatic heterocycles. The number of anilines is 1. The minimum Gasteiger partial charge on any atom is -0.396 e. The summed E-state index contributed by atoms with van der Waals surface area (Å²) in [6, 6.07) is 9.56. The van der Waals surface area contributed by atoms with Gasteiger partial charge in [0.25, 0.3) is 0 Å². The summed E-state index contributed by atoms with van der Waals surface area (Å²) in [5.74, 6) is 0.0954. The van der Waals surface area contributed by atoms with Gasteiger partial charge in [0, 0.05) is 22.0 Å². The second-order valence-corrected chi connectivity index (χ2v) is 9.80. The number of hydrogen-bond acceptors (Lipinski definition) is 1. The number of nitrogens with two attached hydrogens (primary N) is 1. The highest BCUT2D eigenvalue weighted by Gasteiger charge is 2.32. The summed E-state index contributed by atoms with van der Waals surface area (Å²) in [5.41, 5.74) is 15.5. The number of allylic oxidation sites excluding steroid dienone is 7. The third kappa shape index (κ3) is 4.75. The summed E-state index contributed by atoms with van der Waals surface area (Å²) in [5, 5.41) is 1.17. The van der Waals surface area contributed by atoms with E-state index in [1.165, 1.54) is 16.5 Å². The Morgan fingerprint density at radius 3 is 2.58 bits per heavy atom.